The monoisotopic (exact) mass is 318 g/mol. The summed E-state index contributed by atoms with van der Waals surface area (Å²) in [4.78, 5) is 0. The number of rotatable bonds is 4. The van der Waals surface area contributed by atoms with Crippen molar-refractivity contribution >= 4 is 0 Å². The van der Waals surface area contributed by atoms with Crippen LogP contribution in [0.4, 0.5) is 0 Å². The van der Waals surface area contributed by atoms with Crippen molar-refractivity contribution in [3.8, 4) is 0 Å². The molecule has 1 N–H and O–H groups in total. The highest BCUT2D eigenvalue weighted by atomic mass is 16.8. The van der Waals surface area contributed by atoms with Crippen LogP contribution < -0.4 is 0 Å². The van der Waals surface area contributed by atoms with Gasteiger partial charge in [0.15, 0.2) is 18.2 Å². The maximum absolute atomic E-state index is 6.08. The van der Waals surface area contributed by atoms with Gasteiger partial charge in [0.1, 0.15) is 12.2 Å². The number of fused-ring (bicyclic) bond motifs is 1. The molecular weight excluding hydrogens is 300 g/mol. The van der Waals surface area contributed by atoms with Crippen molar-refractivity contribution in [3.63, 3.8) is 0 Å². The molecule has 0 radical (unpaired) electrons. The van der Waals surface area contributed by atoms with Gasteiger partial charge in [-0.25, -0.2) is 0 Å². The van der Waals surface area contributed by atoms with Gasteiger partial charge in [0.2, 0.25) is 5.82 Å². The summed E-state index contributed by atoms with van der Waals surface area (Å²) >= 11 is 0. The molecule has 0 spiro atoms. The number of nitrogens with zero attached hydrogens (tertiary/aromatic N) is 3. The van der Waals surface area contributed by atoms with Gasteiger partial charge >= 0.3 is 0 Å². The van der Waals surface area contributed by atoms with Crippen molar-refractivity contribution < 1.29 is 18.9 Å². The Hall–Kier alpha value is -1.87. The molecule has 1 aromatic heterocycles. The largest absolute Gasteiger partial charge is 0.367 e. The third-order valence-electron chi connectivity index (χ3n) is 3.89. The molecule has 2 aromatic rings. The summed E-state index contributed by atoms with van der Waals surface area (Å²) in [5, 5.41) is 14.0. The van der Waals surface area contributed by atoms with Gasteiger partial charge in [-0.05, 0) is 19.4 Å². The van der Waals surface area contributed by atoms with E-state index in [0.29, 0.717) is 12.4 Å². The molecule has 8 heteroatoms. The van der Waals surface area contributed by atoms with Crippen molar-refractivity contribution in [2.45, 2.75) is 50.8 Å². The van der Waals surface area contributed by atoms with Crippen LogP contribution in [0, 0.1) is 0 Å². The second kappa shape index (κ2) is 5.64. The number of hydrogen-bond acceptors (Lipinski definition) is 7. The van der Waals surface area contributed by atoms with E-state index in [1.807, 2.05) is 44.2 Å². The Morgan fingerprint density at radius 1 is 1.22 bits per heavy atom. The van der Waals surface area contributed by atoms with Crippen LogP contribution in [0.2, 0.25) is 0 Å². The number of aromatic nitrogens is 4. The van der Waals surface area contributed by atoms with Crippen LogP contribution in [0.15, 0.2) is 30.3 Å². The molecule has 0 bridgehead atoms. The minimum atomic E-state index is -0.702. The zero-order valence-electron chi connectivity index (χ0n) is 12.9. The van der Waals surface area contributed by atoms with E-state index in [9.17, 15) is 0 Å². The third-order valence-corrected chi connectivity index (χ3v) is 3.89. The Morgan fingerprint density at radius 3 is 2.78 bits per heavy atom. The first-order valence-corrected chi connectivity index (χ1v) is 7.52. The maximum atomic E-state index is 6.08. The van der Waals surface area contributed by atoms with Gasteiger partial charge < -0.3 is 18.9 Å². The fourth-order valence-electron chi connectivity index (χ4n) is 2.93. The lowest BCUT2D eigenvalue weighted by atomic mass is 10.1. The number of nitrogens with one attached hydrogen (secondary N) is 1. The normalized spacial score (nSPS) is 32.1. The van der Waals surface area contributed by atoms with Gasteiger partial charge in [0.25, 0.3) is 0 Å². The van der Waals surface area contributed by atoms with Crippen molar-refractivity contribution in [3.05, 3.63) is 41.7 Å². The third kappa shape index (κ3) is 2.86. The van der Waals surface area contributed by atoms with Gasteiger partial charge in [-0.2, -0.15) is 5.21 Å². The standard InChI is InChI=1S/C15H18N4O4/c1-15(2)22-12-10(20-8-9-6-4-3-5-7-9)11(21-14(12)23-15)13-16-18-19-17-13/h3-7,10-12,14H,8H2,1-2H3,(H,16,17,18,19)/t10-,11+,12-,14-/m1/s1. The van der Waals surface area contributed by atoms with Crippen LogP contribution >= 0.6 is 0 Å². The quantitative estimate of drug-likeness (QED) is 0.909. The highest BCUT2D eigenvalue weighted by molar-refractivity contribution is 5.13. The average Bonchev–Trinajstić information content (AvgIpc) is 3.21. The lowest BCUT2D eigenvalue weighted by Gasteiger charge is -2.24. The highest BCUT2D eigenvalue weighted by Crippen LogP contribution is 2.43. The molecule has 2 saturated heterocycles. The molecule has 23 heavy (non-hydrogen) atoms. The van der Waals surface area contributed by atoms with E-state index >= 15 is 0 Å². The first-order valence-electron chi connectivity index (χ1n) is 7.52. The summed E-state index contributed by atoms with van der Waals surface area (Å²) < 4.78 is 23.7. The van der Waals surface area contributed by atoms with Gasteiger partial charge in [0.05, 0.1) is 6.61 Å². The van der Waals surface area contributed by atoms with Crippen LogP contribution in [0.5, 0.6) is 0 Å². The average molecular weight is 318 g/mol. The molecule has 0 aliphatic carbocycles. The van der Waals surface area contributed by atoms with Crippen LogP contribution in [0.25, 0.3) is 0 Å². The summed E-state index contributed by atoms with van der Waals surface area (Å²) in [6.07, 6.45) is -1.70. The highest BCUT2D eigenvalue weighted by Gasteiger charge is 2.56. The Bertz CT molecular complexity index is 649. The molecule has 2 fully saturated rings. The maximum Gasteiger partial charge on any atom is 0.206 e. The topological polar surface area (TPSA) is 91.4 Å². The fourth-order valence-corrected chi connectivity index (χ4v) is 2.93. The second-order valence-electron chi connectivity index (χ2n) is 6.06. The number of H-pyrrole nitrogens is 1. The molecular formula is C15H18N4O4. The summed E-state index contributed by atoms with van der Waals surface area (Å²) in [5.74, 6) is -0.270. The van der Waals surface area contributed by atoms with Gasteiger partial charge in [-0.3, -0.25) is 0 Å². The second-order valence-corrected chi connectivity index (χ2v) is 6.06. The zero-order valence-corrected chi connectivity index (χ0v) is 12.9. The molecule has 0 unspecified atom stereocenters. The van der Waals surface area contributed by atoms with E-state index in [2.05, 4.69) is 20.6 Å². The molecule has 8 nitrogen and oxygen atoms in total. The van der Waals surface area contributed by atoms with Crippen molar-refractivity contribution in [1.82, 2.24) is 20.6 Å². The molecule has 0 saturated carbocycles. The van der Waals surface area contributed by atoms with Crippen molar-refractivity contribution in [2.75, 3.05) is 0 Å². The Kier molecular flexibility index (Phi) is 3.61. The van der Waals surface area contributed by atoms with Crippen molar-refractivity contribution in [2.24, 2.45) is 0 Å². The Morgan fingerprint density at radius 2 is 2.04 bits per heavy atom. The first kappa shape index (κ1) is 14.7. The van der Waals surface area contributed by atoms with Crippen LogP contribution in [-0.4, -0.2) is 44.9 Å². The zero-order chi connectivity index (χ0) is 15.9. The van der Waals surface area contributed by atoms with E-state index < -0.39 is 18.2 Å². The first-order chi connectivity index (χ1) is 11.1. The number of hydrogen-bond donors (Lipinski definition) is 1. The molecule has 0 amide bonds. The van der Waals surface area contributed by atoms with Gasteiger partial charge in [-0.1, -0.05) is 35.5 Å². The number of ether oxygens (including phenoxy) is 4. The van der Waals surface area contributed by atoms with Crippen molar-refractivity contribution in [1.29, 1.82) is 0 Å². The molecule has 122 valence electrons. The molecule has 2 aliphatic heterocycles. The van der Waals surface area contributed by atoms with E-state index in [1.165, 1.54) is 0 Å². The van der Waals surface area contributed by atoms with Gasteiger partial charge in [-0.15, -0.1) is 10.2 Å². The molecule has 2 aliphatic rings. The number of tetrazole rings is 1. The van der Waals surface area contributed by atoms with E-state index in [1.54, 1.807) is 0 Å². The molecule has 4 rings (SSSR count). The van der Waals surface area contributed by atoms with Crippen LogP contribution in [0.3, 0.4) is 0 Å². The predicted octanol–water partition coefficient (Wildman–Crippen LogP) is 1.33. The number of aromatic amines is 1. The molecule has 3 heterocycles. The summed E-state index contributed by atoms with van der Waals surface area (Å²) in [6, 6.07) is 9.93. The summed E-state index contributed by atoms with van der Waals surface area (Å²) in [5.41, 5.74) is 1.07. The van der Waals surface area contributed by atoms with Crippen LogP contribution in [-0.2, 0) is 25.6 Å². The minimum absolute atomic E-state index is 0.336. The molecule has 4 atom stereocenters. The fraction of sp³-hybridized carbons (Fsp3) is 0.533. The smallest absolute Gasteiger partial charge is 0.206 e. The number of benzene rings is 1. The summed E-state index contributed by atoms with van der Waals surface area (Å²) in [6.45, 7) is 4.15. The Balaban J connectivity index is 1.54. The molecule has 1 aromatic carbocycles. The van der Waals surface area contributed by atoms with E-state index in [0.717, 1.165) is 5.56 Å². The van der Waals surface area contributed by atoms with Crippen LogP contribution in [0.1, 0.15) is 31.3 Å². The van der Waals surface area contributed by atoms with Gasteiger partial charge in [0, 0.05) is 0 Å². The predicted molar refractivity (Wildman–Crippen MR) is 76.8 cm³/mol. The lowest BCUT2D eigenvalue weighted by molar-refractivity contribution is -0.221. The minimum Gasteiger partial charge on any atom is -0.367 e. The van der Waals surface area contributed by atoms with E-state index in [4.69, 9.17) is 18.9 Å². The lowest BCUT2D eigenvalue weighted by Crippen LogP contribution is -2.34. The van der Waals surface area contributed by atoms with E-state index in [-0.39, 0.29) is 12.2 Å². The summed E-state index contributed by atoms with van der Waals surface area (Å²) in [7, 11) is 0. The SMILES string of the molecule is CC1(C)O[C@H]2O[C@H](c3nn[nH]n3)[C@@H](OCc3ccccc3)[C@H]2O1. The Labute approximate surface area is 133 Å².